The van der Waals surface area contributed by atoms with Gasteiger partial charge in [-0.05, 0) is 37.5 Å². The number of fused-ring (bicyclic) bond motifs is 4. The molecule has 0 radical (unpaired) electrons. The lowest BCUT2D eigenvalue weighted by Gasteiger charge is -2.58. The predicted molar refractivity (Wildman–Crippen MR) is 57.6 cm³/mol. The maximum absolute atomic E-state index is 12.1. The standard InChI is InChI=1S/C13H18O3/c1-16-12(15)13-7-3-6-10(14)11(13)8-4-2-5-9(8)13/h8-9,11H,2-7H2,1H3/t8-,9+,11+,13+/m0/s1. The minimum Gasteiger partial charge on any atom is -0.469 e. The lowest BCUT2D eigenvalue weighted by atomic mass is 9.43. The molecule has 3 aliphatic rings. The number of rotatable bonds is 1. The van der Waals surface area contributed by atoms with Crippen LogP contribution in [0.15, 0.2) is 0 Å². The van der Waals surface area contributed by atoms with Crippen molar-refractivity contribution in [3.05, 3.63) is 0 Å². The van der Waals surface area contributed by atoms with Crippen LogP contribution < -0.4 is 0 Å². The van der Waals surface area contributed by atoms with Crippen LogP contribution in [0.25, 0.3) is 0 Å². The molecule has 0 aromatic rings. The molecule has 0 bridgehead atoms. The molecule has 3 rings (SSSR count). The first kappa shape index (κ1) is 10.3. The Labute approximate surface area is 95.5 Å². The molecule has 0 N–H and O–H groups in total. The third-order valence-electron chi connectivity index (χ3n) is 5.14. The summed E-state index contributed by atoms with van der Waals surface area (Å²) in [5, 5.41) is 0. The number of carbonyl (C=O) groups is 2. The quantitative estimate of drug-likeness (QED) is 0.637. The van der Waals surface area contributed by atoms with E-state index in [1.54, 1.807) is 0 Å². The fourth-order valence-corrected chi connectivity index (χ4v) is 4.67. The van der Waals surface area contributed by atoms with Crippen molar-refractivity contribution in [3.8, 4) is 0 Å². The second kappa shape index (κ2) is 3.31. The summed E-state index contributed by atoms with van der Waals surface area (Å²) in [4.78, 5) is 24.1. The van der Waals surface area contributed by atoms with E-state index >= 15 is 0 Å². The monoisotopic (exact) mass is 222 g/mol. The first-order chi connectivity index (χ1) is 7.71. The molecule has 0 aliphatic heterocycles. The van der Waals surface area contributed by atoms with E-state index < -0.39 is 5.41 Å². The Balaban J connectivity index is 1.98. The topological polar surface area (TPSA) is 43.4 Å². The molecule has 3 heteroatoms. The molecule has 0 spiro atoms. The van der Waals surface area contributed by atoms with E-state index in [0.29, 0.717) is 24.0 Å². The van der Waals surface area contributed by atoms with E-state index in [4.69, 9.17) is 4.74 Å². The third-order valence-corrected chi connectivity index (χ3v) is 5.14. The Morgan fingerprint density at radius 1 is 1.38 bits per heavy atom. The highest BCUT2D eigenvalue weighted by molar-refractivity contribution is 5.93. The largest absolute Gasteiger partial charge is 0.469 e. The lowest BCUT2D eigenvalue weighted by Crippen LogP contribution is -2.63. The van der Waals surface area contributed by atoms with Gasteiger partial charge in [0.05, 0.1) is 12.5 Å². The summed E-state index contributed by atoms with van der Waals surface area (Å²) >= 11 is 0. The van der Waals surface area contributed by atoms with Gasteiger partial charge in [0.1, 0.15) is 5.78 Å². The zero-order valence-electron chi connectivity index (χ0n) is 9.70. The second-order valence-corrected chi connectivity index (χ2v) is 5.53. The molecule has 3 saturated carbocycles. The van der Waals surface area contributed by atoms with E-state index in [1.807, 2.05) is 0 Å². The number of methoxy groups -OCH3 is 1. The minimum atomic E-state index is -0.411. The Kier molecular flexibility index (Phi) is 2.13. The summed E-state index contributed by atoms with van der Waals surface area (Å²) in [7, 11) is 1.45. The van der Waals surface area contributed by atoms with Crippen LogP contribution in [0.2, 0.25) is 0 Å². The molecule has 3 nitrogen and oxygen atoms in total. The molecule has 0 unspecified atom stereocenters. The summed E-state index contributed by atoms with van der Waals surface area (Å²) in [5.74, 6) is 1.13. The number of hydrogen-bond donors (Lipinski definition) is 0. The van der Waals surface area contributed by atoms with Crippen molar-refractivity contribution in [1.82, 2.24) is 0 Å². The van der Waals surface area contributed by atoms with Crippen LogP contribution in [0.3, 0.4) is 0 Å². The smallest absolute Gasteiger partial charge is 0.312 e. The van der Waals surface area contributed by atoms with E-state index in [0.717, 1.165) is 25.7 Å². The maximum atomic E-state index is 12.1. The summed E-state index contributed by atoms with van der Waals surface area (Å²) in [5.41, 5.74) is -0.411. The average molecular weight is 222 g/mol. The van der Waals surface area contributed by atoms with Gasteiger partial charge >= 0.3 is 5.97 Å². The number of ketones is 1. The van der Waals surface area contributed by atoms with Crippen LogP contribution in [0.4, 0.5) is 0 Å². The third kappa shape index (κ3) is 0.994. The SMILES string of the molecule is COC(=O)[C@@]12CCCC(=O)[C@H]1[C@H]1CCC[C@H]12. The molecule has 0 heterocycles. The van der Waals surface area contributed by atoms with Crippen molar-refractivity contribution in [3.63, 3.8) is 0 Å². The van der Waals surface area contributed by atoms with Gasteiger partial charge in [-0.2, -0.15) is 0 Å². The van der Waals surface area contributed by atoms with Gasteiger partial charge in [-0.15, -0.1) is 0 Å². The zero-order valence-corrected chi connectivity index (χ0v) is 9.70. The van der Waals surface area contributed by atoms with Gasteiger partial charge in [-0.1, -0.05) is 6.42 Å². The number of hydrogen-bond acceptors (Lipinski definition) is 3. The van der Waals surface area contributed by atoms with Crippen LogP contribution in [0, 0.1) is 23.2 Å². The predicted octanol–water partition coefficient (Wildman–Crippen LogP) is 1.94. The first-order valence-electron chi connectivity index (χ1n) is 6.33. The normalized spacial score (nSPS) is 45.6. The summed E-state index contributed by atoms with van der Waals surface area (Å²) < 4.78 is 4.98. The molecule has 88 valence electrons. The van der Waals surface area contributed by atoms with Gasteiger partial charge in [0.25, 0.3) is 0 Å². The zero-order chi connectivity index (χ0) is 11.3. The first-order valence-corrected chi connectivity index (χ1v) is 6.33. The van der Waals surface area contributed by atoms with E-state index in [1.165, 1.54) is 13.5 Å². The van der Waals surface area contributed by atoms with Crippen molar-refractivity contribution in [2.75, 3.05) is 7.11 Å². The van der Waals surface area contributed by atoms with Gasteiger partial charge in [0.2, 0.25) is 0 Å². The molecule has 0 aromatic heterocycles. The van der Waals surface area contributed by atoms with E-state index in [9.17, 15) is 9.59 Å². The van der Waals surface area contributed by atoms with Gasteiger partial charge < -0.3 is 4.74 Å². The minimum absolute atomic E-state index is 0.00111. The van der Waals surface area contributed by atoms with E-state index in [2.05, 4.69) is 0 Å². The molecule has 3 aliphatic carbocycles. The Morgan fingerprint density at radius 3 is 2.94 bits per heavy atom. The number of Topliss-reactive ketones (excluding diaryl/α,β-unsaturated/α-hetero) is 1. The number of ether oxygens (including phenoxy) is 1. The second-order valence-electron chi connectivity index (χ2n) is 5.53. The van der Waals surface area contributed by atoms with Crippen LogP contribution in [-0.2, 0) is 14.3 Å². The lowest BCUT2D eigenvalue weighted by molar-refractivity contribution is -0.195. The fraction of sp³-hybridized carbons (Fsp3) is 0.846. The summed E-state index contributed by atoms with van der Waals surface area (Å²) in [6, 6.07) is 0. The van der Waals surface area contributed by atoms with Crippen LogP contribution in [-0.4, -0.2) is 18.9 Å². The van der Waals surface area contributed by atoms with Gasteiger partial charge in [0.15, 0.2) is 0 Å². The molecule has 3 fully saturated rings. The summed E-state index contributed by atoms with van der Waals surface area (Å²) in [6.07, 6.45) is 5.85. The van der Waals surface area contributed by atoms with Crippen molar-refractivity contribution >= 4 is 11.8 Å². The molecular formula is C13H18O3. The molecule has 4 atom stereocenters. The van der Waals surface area contributed by atoms with Crippen molar-refractivity contribution in [1.29, 1.82) is 0 Å². The average Bonchev–Trinajstić information content (AvgIpc) is 2.68. The van der Waals surface area contributed by atoms with Gasteiger partial charge in [-0.25, -0.2) is 0 Å². The maximum Gasteiger partial charge on any atom is 0.312 e. The highest BCUT2D eigenvalue weighted by atomic mass is 16.5. The highest BCUT2D eigenvalue weighted by Gasteiger charge is 2.70. The van der Waals surface area contributed by atoms with Gasteiger partial charge in [0, 0.05) is 12.3 Å². The Morgan fingerprint density at radius 2 is 2.19 bits per heavy atom. The number of carbonyl (C=O) groups excluding carboxylic acids is 2. The van der Waals surface area contributed by atoms with Crippen LogP contribution >= 0.6 is 0 Å². The summed E-state index contributed by atoms with van der Waals surface area (Å²) in [6.45, 7) is 0. The van der Waals surface area contributed by atoms with Crippen molar-refractivity contribution in [2.45, 2.75) is 38.5 Å². The number of esters is 1. The van der Waals surface area contributed by atoms with Crippen molar-refractivity contribution < 1.29 is 14.3 Å². The Bertz CT molecular complexity index is 349. The Hall–Kier alpha value is -0.860. The van der Waals surface area contributed by atoms with Crippen LogP contribution in [0.1, 0.15) is 38.5 Å². The van der Waals surface area contributed by atoms with Crippen LogP contribution in [0.5, 0.6) is 0 Å². The van der Waals surface area contributed by atoms with Crippen molar-refractivity contribution in [2.24, 2.45) is 23.2 Å². The van der Waals surface area contributed by atoms with E-state index in [-0.39, 0.29) is 11.9 Å². The molecule has 0 aromatic carbocycles. The molecule has 0 amide bonds. The van der Waals surface area contributed by atoms with Gasteiger partial charge in [-0.3, -0.25) is 9.59 Å². The molecule has 16 heavy (non-hydrogen) atoms. The fourth-order valence-electron chi connectivity index (χ4n) is 4.67. The molecular weight excluding hydrogens is 204 g/mol. The molecule has 0 saturated heterocycles. The highest BCUT2D eigenvalue weighted by Crippen LogP contribution is 2.67.